The zero-order valence-electron chi connectivity index (χ0n) is 14.2. The Labute approximate surface area is 156 Å². The van der Waals surface area contributed by atoms with Gasteiger partial charge in [-0.25, -0.2) is 9.97 Å². The van der Waals surface area contributed by atoms with Crippen LogP contribution in [0.2, 0.25) is 5.02 Å². The molecule has 3 rings (SSSR count). The van der Waals surface area contributed by atoms with Crippen molar-refractivity contribution in [2.75, 3.05) is 17.2 Å². The maximum absolute atomic E-state index is 5.93. The molecule has 0 fully saturated rings. The molecule has 0 bridgehead atoms. The van der Waals surface area contributed by atoms with Gasteiger partial charge in [-0.3, -0.25) is 0 Å². The fourth-order valence-corrected chi connectivity index (χ4v) is 3.09. The maximum atomic E-state index is 5.93. The van der Waals surface area contributed by atoms with Gasteiger partial charge in [0.05, 0.1) is 12.2 Å². The molecule has 0 amide bonds. The topological polar surface area (TPSA) is 62.7 Å². The smallest absolute Gasteiger partial charge is 0.224 e. The van der Waals surface area contributed by atoms with E-state index in [1.807, 2.05) is 35.7 Å². The summed E-state index contributed by atoms with van der Waals surface area (Å²) in [6.45, 7) is 5.78. The molecule has 130 valence electrons. The first-order valence-corrected chi connectivity index (χ1v) is 9.37. The van der Waals surface area contributed by atoms with Gasteiger partial charge in [-0.05, 0) is 24.1 Å². The second kappa shape index (κ2) is 8.27. The van der Waals surface area contributed by atoms with Gasteiger partial charge in [0.25, 0.3) is 0 Å². The van der Waals surface area contributed by atoms with E-state index in [1.165, 1.54) is 0 Å². The van der Waals surface area contributed by atoms with Crippen molar-refractivity contribution >= 4 is 34.7 Å². The van der Waals surface area contributed by atoms with Crippen molar-refractivity contribution in [3.05, 3.63) is 52.6 Å². The normalized spacial score (nSPS) is 10.9. The Morgan fingerprint density at radius 2 is 1.88 bits per heavy atom. The lowest BCUT2D eigenvalue weighted by molar-refractivity contribution is 0.687. The van der Waals surface area contributed by atoms with E-state index in [2.05, 4.69) is 39.4 Å². The van der Waals surface area contributed by atoms with Crippen molar-refractivity contribution in [1.29, 1.82) is 0 Å². The lowest BCUT2D eigenvalue weighted by Crippen LogP contribution is -2.11. The monoisotopic (exact) mass is 373 g/mol. The van der Waals surface area contributed by atoms with E-state index in [-0.39, 0.29) is 0 Å². The van der Waals surface area contributed by atoms with E-state index >= 15 is 0 Å². The summed E-state index contributed by atoms with van der Waals surface area (Å²) in [5.41, 5.74) is 2.02. The molecule has 1 aromatic carbocycles. The van der Waals surface area contributed by atoms with Gasteiger partial charge in [-0.1, -0.05) is 37.6 Å². The summed E-state index contributed by atoms with van der Waals surface area (Å²) in [7, 11) is 0. The molecule has 0 saturated heterocycles. The number of anilines is 2. The fraction of sp³-hybridized carbons (Fsp3) is 0.278. The van der Waals surface area contributed by atoms with Crippen molar-refractivity contribution in [2.24, 2.45) is 5.92 Å². The minimum absolute atomic E-state index is 0.563. The van der Waals surface area contributed by atoms with Crippen molar-refractivity contribution in [1.82, 2.24) is 15.0 Å². The molecule has 0 aliphatic carbocycles. The molecular formula is C18H20ClN5S. The first kappa shape index (κ1) is 17.6. The number of nitrogens with one attached hydrogen (secondary N) is 2. The predicted octanol–water partition coefficient (Wildman–Crippen LogP) is 4.93. The first-order valence-electron chi connectivity index (χ1n) is 8.11. The third-order valence-electron chi connectivity index (χ3n) is 3.42. The van der Waals surface area contributed by atoms with Gasteiger partial charge in [0, 0.05) is 28.7 Å². The van der Waals surface area contributed by atoms with E-state index < -0.39 is 0 Å². The Balaban J connectivity index is 1.60. The highest BCUT2D eigenvalue weighted by Crippen LogP contribution is 2.25. The van der Waals surface area contributed by atoms with Crippen molar-refractivity contribution in [3.8, 4) is 10.6 Å². The van der Waals surface area contributed by atoms with E-state index in [9.17, 15) is 0 Å². The molecule has 0 spiro atoms. The van der Waals surface area contributed by atoms with Crippen molar-refractivity contribution in [3.63, 3.8) is 0 Å². The molecule has 2 aromatic heterocycles. The second-order valence-electron chi connectivity index (χ2n) is 6.04. The van der Waals surface area contributed by atoms with Crippen LogP contribution in [0.15, 0.2) is 41.9 Å². The largest absolute Gasteiger partial charge is 0.370 e. The molecule has 5 nitrogen and oxygen atoms in total. The Morgan fingerprint density at radius 1 is 1.08 bits per heavy atom. The van der Waals surface area contributed by atoms with E-state index in [0.717, 1.165) is 33.7 Å². The lowest BCUT2D eigenvalue weighted by Gasteiger charge is -2.09. The van der Waals surface area contributed by atoms with Crippen LogP contribution in [0.3, 0.4) is 0 Å². The summed E-state index contributed by atoms with van der Waals surface area (Å²) in [6.07, 6.45) is 1.75. The van der Waals surface area contributed by atoms with Gasteiger partial charge >= 0.3 is 0 Å². The fourth-order valence-electron chi connectivity index (χ4n) is 2.13. The molecule has 0 unspecified atom stereocenters. The molecule has 25 heavy (non-hydrogen) atoms. The lowest BCUT2D eigenvalue weighted by atomic mass is 10.2. The van der Waals surface area contributed by atoms with Crippen LogP contribution < -0.4 is 10.6 Å². The number of hydrogen-bond acceptors (Lipinski definition) is 6. The second-order valence-corrected chi connectivity index (χ2v) is 7.34. The van der Waals surface area contributed by atoms with Crippen LogP contribution in [0.5, 0.6) is 0 Å². The average molecular weight is 374 g/mol. The summed E-state index contributed by atoms with van der Waals surface area (Å²) < 4.78 is 0. The SMILES string of the molecule is CC(C)CNc1ccnc(NCc2csc(-c3ccc(Cl)cc3)n2)n1. The zero-order valence-corrected chi connectivity index (χ0v) is 15.7. The molecule has 0 radical (unpaired) electrons. The minimum atomic E-state index is 0.563. The summed E-state index contributed by atoms with van der Waals surface area (Å²) in [4.78, 5) is 13.4. The highest BCUT2D eigenvalue weighted by molar-refractivity contribution is 7.13. The molecule has 2 N–H and O–H groups in total. The van der Waals surface area contributed by atoms with Gasteiger partial charge in [0.2, 0.25) is 5.95 Å². The summed E-state index contributed by atoms with van der Waals surface area (Å²) >= 11 is 7.54. The number of hydrogen-bond donors (Lipinski definition) is 2. The summed E-state index contributed by atoms with van der Waals surface area (Å²) in [5, 5.41) is 10.3. The van der Waals surface area contributed by atoms with Crippen LogP contribution in [-0.2, 0) is 6.54 Å². The van der Waals surface area contributed by atoms with Crippen LogP contribution in [-0.4, -0.2) is 21.5 Å². The number of rotatable bonds is 7. The van der Waals surface area contributed by atoms with Crippen LogP contribution in [0.4, 0.5) is 11.8 Å². The van der Waals surface area contributed by atoms with E-state index in [0.29, 0.717) is 18.4 Å². The van der Waals surface area contributed by atoms with Crippen LogP contribution in [0, 0.1) is 5.92 Å². The van der Waals surface area contributed by atoms with E-state index in [4.69, 9.17) is 11.6 Å². The van der Waals surface area contributed by atoms with E-state index in [1.54, 1.807) is 17.5 Å². The molecule has 3 aromatic rings. The Bertz CT molecular complexity index is 816. The van der Waals surface area contributed by atoms with Crippen LogP contribution in [0.25, 0.3) is 10.6 Å². The molecule has 0 saturated carbocycles. The number of thiazole rings is 1. The van der Waals surface area contributed by atoms with Crippen molar-refractivity contribution < 1.29 is 0 Å². The average Bonchev–Trinajstić information content (AvgIpc) is 3.08. The molecule has 0 atom stereocenters. The zero-order chi connectivity index (χ0) is 17.6. The third kappa shape index (κ3) is 5.14. The van der Waals surface area contributed by atoms with Gasteiger partial charge in [0.15, 0.2) is 0 Å². The molecular weight excluding hydrogens is 354 g/mol. The van der Waals surface area contributed by atoms with Gasteiger partial charge < -0.3 is 10.6 Å². The van der Waals surface area contributed by atoms with Crippen LogP contribution >= 0.6 is 22.9 Å². The summed E-state index contributed by atoms with van der Waals surface area (Å²) in [6, 6.07) is 9.57. The maximum Gasteiger partial charge on any atom is 0.224 e. The molecule has 0 aliphatic rings. The standard InChI is InChI=1S/C18H20ClN5S/c1-12(2)9-21-16-7-8-20-18(24-16)22-10-15-11-25-17(23-15)13-3-5-14(19)6-4-13/h3-8,11-12H,9-10H2,1-2H3,(H2,20,21,22,24). The Morgan fingerprint density at radius 3 is 2.64 bits per heavy atom. The highest BCUT2D eigenvalue weighted by Gasteiger charge is 2.06. The minimum Gasteiger partial charge on any atom is -0.370 e. The third-order valence-corrected chi connectivity index (χ3v) is 4.61. The van der Waals surface area contributed by atoms with Crippen molar-refractivity contribution in [2.45, 2.75) is 20.4 Å². The van der Waals surface area contributed by atoms with Gasteiger partial charge in [-0.15, -0.1) is 11.3 Å². The van der Waals surface area contributed by atoms with Gasteiger partial charge in [-0.2, -0.15) is 4.98 Å². The highest BCUT2D eigenvalue weighted by atomic mass is 35.5. The Kier molecular flexibility index (Phi) is 5.83. The number of nitrogens with zero attached hydrogens (tertiary/aromatic N) is 3. The van der Waals surface area contributed by atoms with Crippen LogP contribution in [0.1, 0.15) is 19.5 Å². The first-order chi connectivity index (χ1) is 12.1. The Hall–Kier alpha value is -2.18. The predicted molar refractivity (Wildman–Crippen MR) is 105 cm³/mol. The summed E-state index contributed by atoms with van der Waals surface area (Å²) in [5.74, 6) is 1.98. The quantitative estimate of drug-likeness (QED) is 0.614. The number of aromatic nitrogens is 3. The molecule has 0 aliphatic heterocycles. The van der Waals surface area contributed by atoms with Gasteiger partial charge in [0.1, 0.15) is 10.8 Å². The number of halogens is 1. The number of benzene rings is 1. The molecule has 2 heterocycles. The molecule has 7 heteroatoms.